The monoisotopic (exact) mass is 482 g/mol. The van der Waals surface area contributed by atoms with Crippen molar-refractivity contribution in [2.24, 2.45) is 0 Å². The van der Waals surface area contributed by atoms with E-state index in [-0.39, 0.29) is 30.2 Å². The number of furan rings is 1. The van der Waals surface area contributed by atoms with Gasteiger partial charge in [0, 0.05) is 38.8 Å². The summed E-state index contributed by atoms with van der Waals surface area (Å²) in [5.41, 5.74) is 5.66. The number of nitrogens with zero attached hydrogens (tertiary/aromatic N) is 7. The number of nitrogen functional groups attached to an aromatic ring is 1. The van der Waals surface area contributed by atoms with E-state index in [1.807, 2.05) is 9.80 Å². The fourth-order valence-corrected chi connectivity index (χ4v) is 4.72. The topological polar surface area (TPSA) is 146 Å². The zero-order chi connectivity index (χ0) is 24.7. The Morgan fingerprint density at radius 1 is 1.17 bits per heavy atom. The van der Waals surface area contributed by atoms with Crippen LogP contribution in [0, 0.1) is 0 Å². The van der Waals surface area contributed by atoms with Crippen LogP contribution < -0.4 is 10.6 Å². The van der Waals surface area contributed by atoms with Crippen LogP contribution in [-0.4, -0.2) is 90.7 Å². The summed E-state index contributed by atoms with van der Waals surface area (Å²) in [7, 11) is 0. The Bertz CT molecular complexity index is 1220. The molecule has 3 aromatic rings. The average Bonchev–Trinajstić information content (AvgIpc) is 3.57. The predicted molar refractivity (Wildman–Crippen MR) is 127 cm³/mol. The van der Waals surface area contributed by atoms with Gasteiger partial charge in [-0.25, -0.2) is 4.98 Å². The Morgan fingerprint density at radius 3 is 2.60 bits per heavy atom. The molecule has 1 atom stereocenters. The van der Waals surface area contributed by atoms with E-state index >= 15 is 0 Å². The van der Waals surface area contributed by atoms with Crippen LogP contribution in [-0.2, 0) is 9.59 Å². The fraction of sp³-hybridized carbons (Fsp3) is 0.522. The summed E-state index contributed by atoms with van der Waals surface area (Å²) in [6.07, 6.45) is 3.19. The highest BCUT2D eigenvalue weighted by Crippen LogP contribution is 2.28. The van der Waals surface area contributed by atoms with Crippen LogP contribution in [0.4, 0.5) is 11.8 Å². The first-order valence-electron chi connectivity index (χ1n) is 11.8. The molecule has 2 aliphatic rings. The van der Waals surface area contributed by atoms with Crippen LogP contribution in [0.25, 0.3) is 17.2 Å². The largest absolute Gasteiger partial charge is 0.461 e. The van der Waals surface area contributed by atoms with Gasteiger partial charge in [0.25, 0.3) is 0 Å². The van der Waals surface area contributed by atoms with Crippen LogP contribution in [0.15, 0.2) is 28.9 Å². The lowest BCUT2D eigenvalue weighted by molar-refractivity contribution is -0.142. The summed E-state index contributed by atoms with van der Waals surface area (Å²) in [6, 6.07) is 4.97. The minimum absolute atomic E-state index is 0.0232. The fourth-order valence-electron chi connectivity index (χ4n) is 4.72. The van der Waals surface area contributed by atoms with Gasteiger partial charge in [-0.1, -0.05) is 0 Å². The first-order valence-corrected chi connectivity index (χ1v) is 11.8. The number of rotatable bonds is 5. The Balaban J connectivity index is 1.30. The number of nitrogens with two attached hydrogens (primary N) is 1. The third-order valence-corrected chi connectivity index (χ3v) is 6.44. The van der Waals surface area contributed by atoms with Gasteiger partial charge in [0.15, 0.2) is 11.4 Å². The molecule has 0 spiro atoms. The Hall–Kier alpha value is -3.67. The van der Waals surface area contributed by atoms with Gasteiger partial charge in [0.1, 0.15) is 11.9 Å². The summed E-state index contributed by atoms with van der Waals surface area (Å²) >= 11 is 0. The van der Waals surface area contributed by atoms with E-state index in [1.54, 1.807) is 43.2 Å². The van der Waals surface area contributed by atoms with E-state index in [9.17, 15) is 14.7 Å². The highest BCUT2D eigenvalue weighted by Gasteiger charge is 2.37. The molecule has 3 aromatic heterocycles. The first kappa shape index (κ1) is 23.1. The van der Waals surface area contributed by atoms with E-state index in [0.29, 0.717) is 62.2 Å². The molecule has 0 saturated carbocycles. The number of amides is 2. The van der Waals surface area contributed by atoms with Crippen LogP contribution >= 0.6 is 0 Å². The predicted octanol–water partition coefficient (Wildman–Crippen LogP) is 0.767. The van der Waals surface area contributed by atoms with Crippen molar-refractivity contribution in [2.45, 2.75) is 44.8 Å². The van der Waals surface area contributed by atoms with E-state index in [0.717, 1.165) is 6.42 Å². The molecule has 0 bridgehead atoms. The van der Waals surface area contributed by atoms with Gasteiger partial charge in [-0.15, -0.1) is 5.10 Å². The SMILES string of the molecule is CC(C)(O)CC(=O)N1CCN(C(=O)[C@@H]2CCCN2c2cc3nc(-c4ccco4)nn3c(N)n2)CC1. The molecule has 2 fully saturated rings. The maximum atomic E-state index is 13.4. The van der Waals surface area contributed by atoms with Crippen molar-refractivity contribution < 1.29 is 19.1 Å². The molecule has 5 heterocycles. The number of anilines is 2. The van der Waals surface area contributed by atoms with E-state index in [2.05, 4.69) is 15.1 Å². The highest BCUT2D eigenvalue weighted by molar-refractivity contribution is 5.86. The third kappa shape index (κ3) is 4.65. The maximum Gasteiger partial charge on any atom is 0.245 e. The molecule has 35 heavy (non-hydrogen) atoms. The lowest BCUT2D eigenvalue weighted by atomic mass is 10.0. The zero-order valence-electron chi connectivity index (χ0n) is 19.9. The number of aliphatic hydroxyl groups is 1. The van der Waals surface area contributed by atoms with E-state index in [4.69, 9.17) is 10.2 Å². The molecule has 5 rings (SSSR count). The molecule has 0 aromatic carbocycles. The molecular weight excluding hydrogens is 452 g/mol. The molecule has 0 unspecified atom stereocenters. The number of aromatic nitrogens is 4. The summed E-state index contributed by atoms with van der Waals surface area (Å²) in [5, 5.41) is 14.3. The lowest BCUT2D eigenvalue weighted by Crippen LogP contribution is -2.55. The Labute approximate surface area is 202 Å². The smallest absolute Gasteiger partial charge is 0.245 e. The molecule has 186 valence electrons. The molecule has 0 radical (unpaired) electrons. The lowest BCUT2D eigenvalue weighted by Gasteiger charge is -2.38. The van der Waals surface area contributed by atoms with Gasteiger partial charge in [-0.3, -0.25) is 9.59 Å². The molecule has 12 heteroatoms. The quantitative estimate of drug-likeness (QED) is 0.538. The van der Waals surface area contributed by atoms with E-state index < -0.39 is 5.60 Å². The van der Waals surface area contributed by atoms with Gasteiger partial charge in [-0.05, 0) is 38.8 Å². The molecular formula is C23H30N8O4. The van der Waals surface area contributed by atoms with Crippen LogP contribution in [0.3, 0.4) is 0 Å². The van der Waals surface area contributed by atoms with Crippen molar-refractivity contribution in [3.63, 3.8) is 0 Å². The second kappa shape index (κ2) is 8.84. The molecule has 12 nitrogen and oxygen atoms in total. The van der Waals surface area contributed by atoms with Gasteiger partial charge < -0.3 is 30.0 Å². The van der Waals surface area contributed by atoms with Crippen LogP contribution in [0.1, 0.15) is 33.1 Å². The van der Waals surface area contributed by atoms with Crippen LogP contribution in [0.2, 0.25) is 0 Å². The summed E-state index contributed by atoms with van der Waals surface area (Å²) < 4.78 is 6.84. The number of piperazine rings is 1. The van der Waals surface area contributed by atoms with Gasteiger partial charge in [-0.2, -0.15) is 9.50 Å². The van der Waals surface area contributed by atoms with Crippen LogP contribution in [0.5, 0.6) is 0 Å². The first-order chi connectivity index (χ1) is 16.7. The van der Waals surface area contributed by atoms with Crippen molar-refractivity contribution >= 4 is 29.2 Å². The van der Waals surface area contributed by atoms with Crippen molar-refractivity contribution in [2.75, 3.05) is 43.4 Å². The van der Waals surface area contributed by atoms with Crippen molar-refractivity contribution in [3.8, 4) is 11.6 Å². The summed E-state index contributed by atoms with van der Waals surface area (Å²) in [6.45, 7) is 5.77. The maximum absolute atomic E-state index is 13.4. The number of fused-ring (bicyclic) bond motifs is 1. The van der Waals surface area contributed by atoms with Gasteiger partial charge in [0.05, 0.1) is 18.3 Å². The summed E-state index contributed by atoms with van der Waals surface area (Å²) in [4.78, 5) is 40.4. The molecule has 0 aliphatic carbocycles. The Morgan fingerprint density at radius 2 is 1.91 bits per heavy atom. The number of carbonyl (C=O) groups is 2. The molecule has 2 aliphatic heterocycles. The van der Waals surface area contributed by atoms with Crippen molar-refractivity contribution in [1.82, 2.24) is 29.4 Å². The third-order valence-electron chi connectivity index (χ3n) is 6.44. The Kier molecular flexibility index (Phi) is 5.83. The van der Waals surface area contributed by atoms with Gasteiger partial charge in [0.2, 0.25) is 23.6 Å². The minimum Gasteiger partial charge on any atom is -0.461 e. The number of hydrogen-bond donors (Lipinski definition) is 2. The number of carbonyl (C=O) groups excluding carboxylic acids is 2. The normalized spacial score (nSPS) is 19.1. The average molecular weight is 483 g/mol. The van der Waals surface area contributed by atoms with Gasteiger partial charge >= 0.3 is 0 Å². The molecule has 2 saturated heterocycles. The number of hydrogen-bond acceptors (Lipinski definition) is 9. The zero-order valence-corrected chi connectivity index (χ0v) is 19.9. The standard InChI is InChI=1S/C23H30N8O4/c1-23(2,34)14-19(32)28-8-10-29(11-9-28)21(33)15-5-3-7-30(15)17-13-18-25-20(16-6-4-12-35-16)27-31(18)22(24)26-17/h4,6,12-13,15,34H,3,5,7-11,14H2,1-2H3,(H2,24,26)/t15-/m0/s1. The second-order valence-corrected chi connectivity index (χ2v) is 9.70. The minimum atomic E-state index is -1.05. The second-order valence-electron chi connectivity index (χ2n) is 9.70. The van der Waals surface area contributed by atoms with E-state index in [1.165, 1.54) is 4.52 Å². The highest BCUT2D eigenvalue weighted by atomic mass is 16.3. The molecule has 3 N–H and O–H groups in total. The molecule has 2 amide bonds. The summed E-state index contributed by atoms with van der Waals surface area (Å²) in [5.74, 6) is 1.64. The van der Waals surface area contributed by atoms with Crippen molar-refractivity contribution in [1.29, 1.82) is 0 Å². The van der Waals surface area contributed by atoms with Crippen molar-refractivity contribution in [3.05, 3.63) is 24.5 Å².